The van der Waals surface area contributed by atoms with Crippen molar-refractivity contribution in [3.63, 3.8) is 0 Å². The molecule has 18 heteroatoms. The number of aromatic nitrogens is 4. The summed E-state index contributed by atoms with van der Waals surface area (Å²) in [4.78, 5) is 37.5. The van der Waals surface area contributed by atoms with E-state index in [4.69, 9.17) is 28.6 Å². The Kier molecular flexibility index (Phi) is 17.0. The first-order chi connectivity index (χ1) is 33.7. The molecule has 1 N–H and O–H groups in total. The summed E-state index contributed by atoms with van der Waals surface area (Å²) in [5, 5.41) is 13.7. The van der Waals surface area contributed by atoms with E-state index >= 15 is 18.0 Å². The van der Waals surface area contributed by atoms with Gasteiger partial charge in [0, 0.05) is 12.6 Å². The number of carbonyl (C=O) groups is 2. The summed E-state index contributed by atoms with van der Waals surface area (Å²) >= 11 is 0. The average molecular weight is 986 g/mol. The average Bonchev–Trinajstić information content (AvgIpc) is 3.83. The van der Waals surface area contributed by atoms with E-state index in [-0.39, 0.29) is 74.4 Å². The maximum atomic E-state index is 15.4. The van der Waals surface area contributed by atoms with Gasteiger partial charge in [-0.15, -0.1) is 0 Å². The molecule has 1 amide bonds. The number of amides is 1. The smallest absolute Gasteiger partial charge is 0.433 e. The van der Waals surface area contributed by atoms with E-state index in [1.807, 2.05) is 112 Å². The third-order valence-electron chi connectivity index (χ3n) is 12.8. The molecule has 1 saturated carbocycles. The monoisotopic (exact) mass is 985 g/mol. The molecule has 0 radical (unpaired) electrons. The fourth-order valence-electron chi connectivity index (χ4n) is 8.79. The van der Waals surface area contributed by atoms with Crippen LogP contribution in [0.3, 0.4) is 0 Å². The minimum atomic E-state index is -5.10. The molecule has 1 unspecified atom stereocenters. The summed E-state index contributed by atoms with van der Waals surface area (Å²) in [7, 11) is -2.81. The van der Waals surface area contributed by atoms with Gasteiger partial charge in [-0.3, -0.25) is 14.3 Å². The molecule has 2 heterocycles. The Labute approximate surface area is 404 Å². The van der Waals surface area contributed by atoms with E-state index < -0.39 is 80.4 Å². The van der Waals surface area contributed by atoms with Crippen LogP contribution in [0.4, 0.5) is 22.0 Å². The fraction of sp³-hybridized carbons (Fsp3) is 0.365. The van der Waals surface area contributed by atoms with Crippen molar-refractivity contribution < 1.29 is 55.3 Å². The lowest BCUT2D eigenvalue weighted by molar-refractivity contribution is -0.147. The second-order valence-electron chi connectivity index (χ2n) is 17.4. The lowest BCUT2D eigenvalue weighted by Gasteiger charge is -2.37. The number of halogens is 5. The first-order valence-electron chi connectivity index (χ1n) is 23.4. The van der Waals surface area contributed by atoms with Gasteiger partial charge in [0.15, 0.2) is 14.0 Å². The molecule has 1 aliphatic rings. The zero-order valence-corrected chi connectivity index (χ0v) is 40.2. The molecular weight excluding hydrogens is 930 g/mol. The van der Waals surface area contributed by atoms with Gasteiger partial charge >= 0.3 is 18.2 Å². The molecular formula is C52H56F5N5O7Si. The number of benzene rings is 4. The van der Waals surface area contributed by atoms with Gasteiger partial charge in [-0.05, 0) is 78.2 Å². The summed E-state index contributed by atoms with van der Waals surface area (Å²) in [6.45, 7) is 4.92. The van der Waals surface area contributed by atoms with E-state index in [0.29, 0.717) is 24.2 Å². The number of carboxylic acid groups (broad SMARTS) is 1. The molecule has 0 saturated heterocycles. The third-order valence-corrected chi connectivity index (χ3v) is 17.5. The molecule has 0 spiro atoms. The maximum absolute atomic E-state index is 15.4. The number of alkyl halides is 3. The van der Waals surface area contributed by atoms with E-state index in [1.54, 1.807) is 0 Å². The number of hydrogen-bond donors (Lipinski definition) is 1. The van der Waals surface area contributed by atoms with Gasteiger partial charge in [-0.2, -0.15) is 28.2 Å². The molecule has 70 heavy (non-hydrogen) atoms. The second kappa shape index (κ2) is 23.3. The topological polar surface area (TPSA) is 138 Å². The highest BCUT2D eigenvalue weighted by Gasteiger charge is 2.45. The third kappa shape index (κ3) is 12.9. The Balaban J connectivity index is 1.40. The normalized spacial score (nSPS) is 15.5. The summed E-state index contributed by atoms with van der Waals surface area (Å²) in [5.41, 5.74) is 0.292. The second-order valence-corrected chi connectivity index (χ2v) is 22.1. The van der Waals surface area contributed by atoms with Gasteiger partial charge in [0.2, 0.25) is 11.8 Å². The molecule has 6 aromatic rings. The summed E-state index contributed by atoms with van der Waals surface area (Å²) in [5.74, 6) is -4.93. The highest BCUT2D eigenvalue weighted by Crippen LogP contribution is 2.43. The van der Waals surface area contributed by atoms with Crippen molar-refractivity contribution in [1.82, 2.24) is 24.6 Å². The molecule has 1 fully saturated rings. The lowest BCUT2D eigenvalue weighted by atomic mass is 9.86. The van der Waals surface area contributed by atoms with E-state index in [2.05, 4.69) is 5.10 Å². The van der Waals surface area contributed by atoms with Crippen LogP contribution in [0.25, 0.3) is 0 Å². The predicted molar refractivity (Wildman–Crippen MR) is 252 cm³/mol. The number of nitrogens with zero attached hydrogens (tertiary/aromatic N) is 5. The molecule has 12 nitrogen and oxygen atoms in total. The van der Waals surface area contributed by atoms with Crippen LogP contribution in [-0.4, -0.2) is 56.5 Å². The van der Waals surface area contributed by atoms with Gasteiger partial charge in [0.25, 0.3) is 5.91 Å². The number of carboxylic acids is 1. The lowest BCUT2D eigenvalue weighted by Crippen LogP contribution is -2.42. The SMILES string of the molecule is CC[Si](CC)(CC)OC(CN(Cc1cc(F)cc(F)c1)C(=O)c1cnn(C2CCC(C(=O)O)CC2)c1C(F)(F)F)c1c(OCc2ccccc2)nc(OCc2ccccc2)nc1OCc1ccccc1. The van der Waals surface area contributed by atoms with Gasteiger partial charge < -0.3 is 28.6 Å². The molecule has 1 atom stereocenters. The number of aliphatic carboxylic acids is 1. The molecule has 1 aliphatic carbocycles. The highest BCUT2D eigenvalue weighted by atomic mass is 28.4. The Morgan fingerprint density at radius 3 is 1.67 bits per heavy atom. The minimum absolute atomic E-state index is 0.0144. The van der Waals surface area contributed by atoms with Crippen LogP contribution < -0.4 is 14.2 Å². The summed E-state index contributed by atoms with van der Waals surface area (Å²) in [6.07, 6.45) is -5.13. The summed E-state index contributed by atoms with van der Waals surface area (Å²) < 4.78 is 103. The Morgan fingerprint density at radius 2 is 1.21 bits per heavy atom. The van der Waals surface area contributed by atoms with Crippen LogP contribution in [0.5, 0.6) is 17.8 Å². The minimum Gasteiger partial charge on any atom is -0.481 e. The van der Waals surface area contributed by atoms with Crippen LogP contribution in [-0.2, 0) is 41.8 Å². The first-order valence-corrected chi connectivity index (χ1v) is 25.9. The van der Waals surface area contributed by atoms with Crippen LogP contribution in [0.2, 0.25) is 18.1 Å². The zero-order chi connectivity index (χ0) is 49.8. The number of rotatable bonds is 22. The highest BCUT2D eigenvalue weighted by molar-refractivity contribution is 6.73. The van der Waals surface area contributed by atoms with Gasteiger partial charge in [0.1, 0.15) is 37.0 Å². The molecule has 2 aromatic heterocycles. The van der Waals surface area contributed by atoms with Crippen LogP contribution >= 0.6 is 0 Å². The standard InChI is InChI=1S/C52H56F5N5O7Si/c1-4-70(5-2,6-3)69-44(31-61(30-38-26-40(53)28-41(54)27-38)49(63)43-29-58-62(46(43)52(55,56)57)42-24-22-39(23-25-42)50(64)65)45-47(66-32-35-16-10-7-11-17-35)59-51(68-34-37-20-14-9-15-21-37)60-48(45)67-33-36-18-12-8-13-19-36/h7-21,26-29,39,42,44H,4-6,22-25,30-34H2,1-3H3,(H,64,65). The fourth-order valence-corrected chi connectivity index (χ4v) is 11.6. The Morgan fingerprint density at radius 1 is 0.729 bits per heavy atom. The number of ether oxygens (including phenoxy) is 3. The van der Waals surface area contributed by atoms with Gasteiger partial charge in [0.05, 0.1) is 36.4 Å². The van der Waals surface area contributed by atoms with Crippen molar-refractivity contribution in [2.24, 2.45) is 5.92 Å². The van der Waals surface area contributed by atoms with Crippen LogP contribution in [0.15, 0.2) is 115 Å². The number of hydrogen-bond acceptors (Lipinski definition) is 9. The first kappa shape index (κ1) is 51.2. The van der Waals surface area contributed by atoms with Gasteiger partial charge in [-0.25, -0.2) is 8.78 Å². The van der Waals surface area contributed by atoms with E-state index in [0.717, 1.165) is 44.6 Å². The van der Waals surface area contributed by atoms with Gasteiger partial charge in [-0.1, -0.05) is 112 Å². The van der Waals surface area contributed by atoms with Crippen molar-refractivity contribution in [3.8, 4) is 17.8 Å². The van der Waals surface area contributed by atoms with E-state index in [9.17, 15) is 18.7 Å². The molecule has 0 bridgehead atoms. The van der Waals surface area contributed by atoms with Crippen molar-refractivity contribution in [3.05, 3.63) is 166 Å². The predicted octanol–water partition coefficient (Wildman–Crippen LogP) is 11.9. The van der Waals surface area contributed by atoms with Crippen LogP contribution in [0.1, 0.15) is 102 Å². The molecule has 7 rings (SSSR count). The molecule has 370 valence electrons. The maximum Gasteiger partial charge on any atom is 0.433 e. The van der Waals surface area contributed by atoms with Crippen molar-refractivity contribution in [1.29, 1.82) is 0 Å². The quantitative estimate of drug-likeness (QED) is 0.0517. The Bertz CT molecular complexity index is 2570. The zero-order valence-electron chi connectivity index (χ0n) is 39.2. The molecule has 0 aliphatic heterocycles. The van der Waals surface area contributed by atoms with E-state index in [1.165, 1.54) is 0 Å². The van der Waals surface area contributed by atoms with Crippen molar-refractivity contribution in [2.75, 3.05) is 6.54 Å². The number of carbonyl (C=O) groups excluding carboxylic acids is 1. The van der Waals surface area contributed by atoms with Crippen LogP contribution in [0, 0.1) is 17.6 Å². The van der Waals surface area contributed by atoms with Crippen molar-refractivity contribution >= 4 is 20.2 Å². The summed E-state index contributed by atoms with van der Waals surface area (Å²) in [6, 6.07) is 31.3. The Hall–Kier alpha value is -6.66. The molecule has 4 aromatic carbocycles. The largest absolute Gasteiger partial charge is 0.481 e. The van der Waals surface area contributed by atoms with Crippen molar-refractivity contribution in [2.45, 2.75) is 109 Å².